The average molecular weight is 305 g/mol. The Morgan fingerprint density at radius 3 is 2.61 bits per heavy atom. The molecule has 1 aromatic heterocycles. The number of hydrazone groups is 1. The maximum Gasteiger partial charge on any atom is 0.312 e. The predicted molar refractivity (Wildman–Crippen MR) is 89.5 cm³/mol. The van der Waals surface area contributed by atoms with Gasteiger partial charge in [-0.15, -0.1) is 0 Å². The molecular weight excluding hydrogens is 290 g/mol. The summed E-state index contributed by atoms with van der Waals surface area (Å²) in [6, 6.07) is 15.0. The number of hydrogen-bond donors (Lipinski definition) is 2. The minimum Gasteiger partial charge on any atom is -0.360 e. The van der Waals surface area contributed by atoms with Gasteiger partial charge in [0.25, 0.3) is 5.78 Å². The molecule has 0 atom stereocenters. The van der Waals surface area contributed by atoms with Gasteiger partial charge >= 0.3 is 5.91 Å². The summed E-state index contributed by atoms with van der Waals surface area (Å²) >= 11 is 0. The Morgan fingerprint density at radius 2 is 1.83 bits per heavy atom. The third-order valence-corrected chi connectivity index (χ3v) is 3.50. The molecule has 23 heavy (non-hydrogen) atoms. The molecule has 1 amide bonds. The van der Waals surface area contributed by atoms with E-state index >= 15 is 0 Å². The van der Waals surface area contributed by atoms with Gasteiger partial charge < -0.3 is 4.98 Å². The molecule has 0 fully saturated rings. The highest BCUT2D eigenvalue weighted by atomic mass is 16.2. The summed E-state index contributed by atoms with van der Waals surface area (Å²) in [4.78, 5) is 27.1. The number of carbonyl (C=O) groups is 2. The first-order valence-corrected chi connectivity index (χ1v) is 7.15. The van der Waals surface area contributed by atoms with Crippen LogP contribution in [0.1, 0.15) is 21.5 Å². The number of nitrogens with zero attached hydrogens (tertiary/aromatic N) is 1. The minimum atomic E-state index is -0.766. The van der Waals surface area contributed by atoms with Gasteiger partial charge in [-0.3, -0.25) is 9.59 Å². The summed E-state index contributed by atoms with van der Waals surface area (Å²) in [7, 11) is 0. The standard InChI is InChI=1S/C18H15N3O2/c1-12-6-8-13(9-7-12)10-20-21-18(23)17(22)15-11-19-16-5-3-2-4-14(15)16/h2-11,19H,1H3,(H,21,23)/b20-10+. The van der Waals surface area contributed by atoms with E-state index in [1.807, 2.05) is 49.4 Å². The summed E-state index contributed by atoms with van der Waals surface area (Å²) < 4.78 is 0. The maximum absolute atomic E-state index is 12.2. The predicted octanol–water partition coefficient (Wildman–Crippen LogP) is 2.81. The van der Waals surface area contributed by atoms with E-state index in [0.717, 1.165) is 22.0 Å². The van der Waals surface area contributed by atoms with Gasteiger partial charge in [0, 0.05) is 17.1 Å². The number of hydrogen-bond acceptors (Lipinski definition) is 3. The Kier molecular flexibility index (Phi) is 4.01. The van der Waals surface area contributed by atoms with Crippen molar-refractivity contribution in [2.45, 2.75) is 6.92 Å². The number of Topliss-reactive ketones (excluding diaryl/α,β-unsaturated/α-hetero) is 1. The number of aromatic amines is 1. The number of ketones is 1. The Labute approximate surface area is 133 Å². The molecule has 0 aliphatic carbocycles. The Hall–Kier alpha value is -3.21. The molecule has 0 saturated carbocycles. The highest BCUT2D eigenvalue weighted by Crippen LogP contribution is 2.18. The van der Waals surface area contributed by atoms with Crippen molar-refractivity contribution >= 4 is 28.8 Å². The average Bonchev–Trinajstić information content (AvgIpc) is 3.00. The molecule has 5 nitrogen and oxygen atoms in total. The van der Waals surface area contributed by atoms with Crippen molar-refractivity contribution < 1.29 is 9.59 Å². The van der Waals surface area contributed by atoms with Crippen molar-refractivity contribution in [3.05, 3.63) is 71.4 Å². The maximum atomic E-state index is 12.2. The van der Waals surface area contributed by atoms with Gasteiger partial charge in [-0.1, -0.05) is 48.0 Å². The van der Waals surface area contributed by atoms with Crippen LogP contribution in [0, 0.1) is 6.92 Å². The topological polar surface area (TPSA) is 74.3 Å². The summed E-state index contributed by atoms with van der Waals surface area (Å²) in [5, 5.41) is 4.54. The summed E-state index contributed by atoms with van der Waals surface area (Å²) in [6.07, 6.45) is 3.04. The van der Waals surface area contributed by atoms with Crippen LogP contribution in [0.5, 0.6) is 0 Å². The van der Waals surface area contributed by atoms with E-state index < -0.39 is 11.7 Å². The first-order valence-electron chi connectivity index (χ1n) is 7.15. The van der Waals surface area contributed by atoms with Crippen LogP contribution in [-0.4, -0.2) is 22.9 Å². The molecule has 0 aliphatic rings. The van der Waals surface area contributed by atoms with E-state index in [0.29, 0.717) is 5.56 Å². The third-order valence-electron chi connectivity index (χ3n) is 3.50. The molecule has 2 aromatic carbocycles. The van der Waals surface area contributed by atoms with Crippen molar-refractivity contribution in [3.63, 3.8) is 0 Å². The molecular formula is C18H15N3O2. The zero-order valence-corrected chi connectivity index (χ0v) is 12.5. The number of para-hydroxylation sites is 1. The van der Waals surface area contributed by atoms with Gasteiger partial charge in [-0.2, -0.15) is 5.10 Å². The van der Waals surface area contributed by atoms with Crippen LogP contribution in [0.25, 0.3) is 10.9 Å². The molecule has 1 heterocycles. The van der Waals surface area contributed by atoms with Crippen LogP contribution in [0.3, 0.4) is 0 Å². The number of carbonyl (C=O) groups excluding carboxylic acids is 2. The second kappa shape index (κ2) is 6.27. The van der Waals surface area contributed by atoms with E-state index in [9.17, 15) is 9.59 Å². The minimum absolute atomic E-state index is 0.337. The number of amides is 1. The fourth-order valence-electron chi connectivity index (χ4n) is 2.25. The van der Waals surface area contributed by atoms with Crippen molar-refractivity contribution in [2.75, 3.05) is 0 Å². The largest absolute Gasteiger partial charge is 0.360 e. The van der Waals surface area contributed by atoms with Gasteiger partial charge in [0.05, 0.1) is 11.8 Å². The molecule has 0 bridgehead atoms. The fourth-order valence-corrected chi connectivity index (χ4v) is 2.25. The number of aryl methyl sites for hydroxylation is 1. The number of rotatable bonds is 4. The van der Waals surface area contributed by atoms with Crippen LogP contribution in [0.2, 0.25) is 0 Å². The quantitative estimate of drug-likeness (QED) is 0.337. The third kappa shape index (κ3) is 3.18. The van der Waals surface area contributed by atoms with E-state index in [1.54, 1.807) is 6.07 Å². The molecule has 114 valence electrons. The van der Waals surface area contributed by atoms with Gasteiger partial charge in [-0.25, -0.2) is 5.43 Å². The molecule has 5 heteroatoms. The number of nitrogens with one attached hydrogen (secondary N) is 2. The van der Waals surface area contributed by atoms with E-state index in [2.05, 4.69) is 15.5 Å². The Bertz CT molecular complexity index is 892. The molecule has 2 N–H and O–H groups in total. The fraction of sp³-hybridized carbons (Fsp3) is 0.0556. The molecule has 0 radical (unpaired) electrons. The number of aromatic nitrogens is 1. The van der Waals surface area contributed by atoms with Crippen LogP contribution in [-0.2, 0) is 4.79 Å². The lowest BCUT2D eigenvalue weighted by molar-refractivity contribution is -0.116. The van der Waals surface area contributed by atoms with Crippen LogP contribution >= 0.6 is 0 Å². The number of fused-ring (bicyclic) bond motifs is 1. The highest BCUT2D eigenvalue weighted by molar-refractivity contribution is 6.44. The smallest absolute Gasteiger partial charge is 0.312 e. The zero-order valence-electron chi connectivity index (χ0n) is 12.5. The normalized spacial score (nSPS) is 11.0. The molecule has 3 rings (SSSR count). The van der Waals surface area contributed by atoms with Crippen molar-refractivity contribution in [2.24, 2.45) is 5.10 Å². The Balaban J connectivity index is 1.70. The second-order valence-corrected chi connectivity index (χ2v) is 5.19. The van der Waals surface area contributed by atoms with E-state index in [1.165, 1.54) is 12.4 Å². The highest BCUT2D eigenvalue weighted by Gasteiger charge is 2.19. The van der Waals surface area contributed by atoms with Gasteiger partial charge in [0.1, 0.15) is 0 Å². The molecule has 3 aromatic rings. The molecule has 0 aliphatic heterocycles. The van der Waals surface area contributed by atoms with Crippen LogP contribution < -0.4 is 5.43 Å². The lowest BCUT2D eigenvalue weighted by Gasteiger charge is -1.99. The Morgan fingerprint density at radius 1 is 1.09 bits per heavy atom. The van der Waals surface area contributed by atoms with E-state index in [4.69, 9.17) is 0 Å². The lowest BCUT2D eigenvalue weighted by Crippen LogP contribution is -2.27. The summed E-state index contributed by atoms with van der Waals surface area (Å²) in [5.74, 6) is -1.39. The van der Waals surface area contributed by atoms with Crippen molar-refractivity contribution in [3.8, 4) is 0 Å². The van der Waals surface area contributed by atoms with Crippen molar-refractivity contribution in [1.29, 1.82) is 0 Å². The van der Waals surface area contributed by atoms with Crippen LogP contribution in [0.4, 0.5) is 0 Å². The second-order valence-electron chi connectivity index (χ2n) is 5.19. The molecule has 0 saturated heterocycles. The molecule has 0 unspecified atom stereocenters. The van der Waals surface area contributed by atoms with Crippen molar-refractivity contribution in [1.82, 2.24) is 10.4 Å². The monoisotopic (exact) mass is 305 g/mol. The van der Waals surface area contributed by atoms with Crippen LogP contribution in [0.15, 0.2) is 59.8 Å². The lowest BCUT2D eigenvalue weighted by atomic mass is 10.1. The van der Waals surface area contributed by atoms with Gasteiger partial charge in [0.15, 0.2) is 0 Å². The first kappa shape index (κ1) is 14.7. The summed E-state index contributed by atoms with van der Waals surface area (Å²) in [5.41, 5.74) is 5.40. The SMILES string of the molecule is Cc1ccc(/C=N/NC(=O)C(=O)c2c[nH]c3ccccc23)cc1. The zero-order chi connectivity index (χ0) is 16.2. The number of benzene rings is 2. The van der Waals surface area contributed by atoms with E-state index in [-0.39, 0.29) is 0 Å². The van der Waals surface area contributed by atoms with Gasteiger partial charge in [-0.05, 0) is 18.6 Å². The summed E-state index contributed by atoms with van der Waals surface area (Å²) in [6.45, 7) is 1.99. The first-order chi connectivity index (χ1) is 11.1. The molecule has 0 spiro atoms. The van der Waals surface area contributed by atoms with Gasteiger partial charge in [0.2, 0.25) is 0 Å². The number of H-pyrrole nitrogens is 1.